The molecule has 6 heteroatoms. The van der Waals surface area contributed by atoms with Crippen molar-refractivity contribution in [2.24, 2.45) is 4.99 Å². The fourth-order valence-corrected chi connectivity index (χ4v) is 3.81. The second kappa shape index (κ2) is 7.78. The van der Waals surface area contributed by atoms with Crippen LogP contribution in [0.5, 0.6) is 11.5 Å². The number of ether oxygens (including phenoxy) is 2. The van der Waals surface area contributed by atoms with Gasteiger partial charge >= 0.3 is 0 Å². The largest absolute Gasteiger partial charge is 0.497 e. The third-order valence-electron chi connectivity index (χ3n) is 4.37. The van der Waals surface area contributed by atoms with Crippen molar-refractivity contribution in [3.8, 4) is 11.5 Å². The van der Waals surface area contributed by atoms with Crippen LogP contribution in [0.15, 0.2) is 70.6 Å². The van der Waals surface area contributed by atoms with Crippen molar-refractivity contribution >= 4 is 45.4 Å². The van der Waals surface area contributed by atoms with Gasteiger partial charge in [0.2, 0.25) is 0 Å². The third-order valence-corrected chi connectivity index (χ3v) is 5.28. The minimum atomic E-state index is -0.163. The fourth-order valence-electron chi connectivity index (χ4n) is 2.98. The Labute approximate surface area is 167 Å². The highest BCUT2D eigenvalue weighted by Crippen LogP contribution is 2.35. The summed E-state index contributed by atoms with van der Waals surface area (Å²) in [4.78, 5) is 17.6. The number of hydrogen-bond donors (Lipinski definition) is 1. The zero-order valence-corrected chi connectivity index (χ0v) is 16.2. The number of fused-ring (bicyclic) bond motifs is 1. The summed E-state index contributed by atoms with van der Waals surface area (Å²) in [7, 11) is 3.17. The second-order valence-corrected chi connectivity index (χ2v) is 7.12. The van der Waals surface area contributed by atoms with Gasteiger partial charge in [0.05, 0.1) is 19.1 Å². The zero-order valence-electron chi connectivity index (χ0n) is 15.4. The molecule has 0 aliphatic carbocycles. The van der Waals surface area contributed by atoms with Gasteiger partial charge in [0.1, 0.15) is 17.2 Å². The van der Waals surface area contributed by atoms with E-state index in [1.165, 1.54) is 11.8 Å². The van der Waals surface area contributed by atoms with Crippen molar-refractivity contribution in [3.63, 3.8) is 0 Å². The topological polar surface area (TPSA) is 59.9 Å². The number of hydrogen-bond acceptors (Lipinski definition) is 5. The van der Waals surface area contributed by atoms with Crippen LogP contribution in [0.25, 0.3) is 16.8 Å². The van der Waals surface area contributed by atoms with Gasteiger partial charge in [0, 0.05) is 6.07 Å². The molecule has 1 aliphatic rings. The molecule has 0 radical (unpaired) electrons. The lowest BCUT2D eigenvalue weighted by Crippen LogP contribution is -2.19. The first-order valence-electron chi connectivity index (χ1n) is 8.67. The van der Waals surface area contributed by atoms with Crippen molar-refractivity contribution in [2.75, 3.05) is 14.2 Å². The summed E-state index contributed by atoms with van der Waals surface area (Å²) in [5, 5.41) is 5.57. The van der Waals surface area contributed by atoms with Crippen LogP contribution in [0.3, 0.4) is 0 Å². The standard InChI is InChI=1S/C22H18N2O3S/c1-26-16-10-11-18(19(13-16)27-2)23-22-24-21(25)20(28-22)12-15-8-5-7-14-6-3-4-9-17(14)15/h3-13H,1-2H3,(H,23,24,25). The molecule has 1 saturated heterocycles. The molecule has 1 N–H and O–H groups in total. The molecular formula is C22H18N2O3S. The van der Waals surface area contributed by atoms with Gasteiger partial charge in [-0.1, -0.05) is 42.5 Å². The SMILES string of the molecule is COc1ccc(N=C2NC(=O)C(=Cc3cccc4ccccc34)S2)c(OC)c1. The van der Waals surface area contributed by atoms with Crippen molar-refractivity contribution < 1.29 is 14.3 Å². The van der Waals surface area contributed by atoms with Gasteiger partial charge in [-0.3, -0.25) is 4.79 Å². The van der Waals surface area contributed by atoms with E-state index in [-0.39, 0.29) is 5.91 Å². The molecule has 0 aromatic heterocycles. The molecule has 0 atom stereocenters. The third kappa shape index (κ3) is 3.59. The Kier molecular flexibility index (Phi) is 5.04. The Morgan fingerprint density at radius 3 is 2.64 bits per heavy atom. The Balaban J connectivity index is 1.66. The number of benzene rings is 3. The monoisotopic (exact) mass is 390 g/mol. The number of methoxy groups -OCH3 is 2. The summed E-state index contributed by atoms with van der Waals surface area (Å²) in [6, 6.07) is 19.5. The van der Waals surface area contributed by atoms with Crippen LogP contribution in [0, 0.1) is 0 Å². The quantitative estimate of drug-likeness (QED) is 0.653. The number of amides is 1. The molecule has 1 amide bonds. The lowest BCUT2D eigenvalue weighted by atomic mass is 10.0. The summed E-state index contributed by atoms with van der Waals surface area (Å²) >= 11 is 1.31. The molecular weight excluding hydrogens is 372 g/mol. The van der Waals surface area contributed by atoms with Crippen LogP contribution in [0.1, 0.15) is 5.56 Å². The molecule has 0 unspecified atom stereocenters. The average molecular weight is 390 g/mol. The number of thioether (sulfide) groups is 1. The van der Waals surface area contributed by atoms with Crippen molar-refractivity contribution in [1.82, 2.24) is 5.32 Å². The van der Waals surface area contributed by atoms with Gasteiger partial charge in [-0.2, -0.15) is 0 Å². The highest BCUT2D eigenvalue weighted by Gasteiger charge is 2.24. The Morgan fingerprint density at radius 1 is 1.00 bits per heavy atom. The van der Waals surface area contributed by atoms with E-state index in [0.717, 1.165) is 16.3 Å². The molecule has 0 bridgehead atoms. The van der Waals surface area contributed by atoms with Crippen LogP contribution < -0.4 is 14.8 Å². The van der Waals surface area contributed by atoms with E-state index in [0.29, 0.717) is 27.3 Å². The van der Waals surface area contributed by atoms with Gasteiger partial charge in [-0.05, 0) is 46.3 Å². The van der Waals surface area contributed by atoms with Crippen LogP contribution in [0.4, 0.5) is 5.69 Å². The number of nitrogens with zero attached hydrogens (tertiary/aromatic N) is 1. The zero-order chi connectivity index (χ0) is 19.5. The maximum atomic E-state index is 12.4. The van der Waals surface area contributed by atoms with Crippen LogP contribution >= 0.6 is 11.8 Å². The molecule has 1 aliphatic heterocycles. The first-order valence-corrected chi connectivity index (χ1v) is 9.49. The summed E-state index contributed by atoms with van der Waals surface area (Å²) in [6.07, 6.45) is 1.90. The molecule has 1 fully saturated rings. The number of carbonyl (C=O) groups excluding carboxylic acids is 1. The Morgan fingerprint density at radius 2 is 1.82 bits per heavy atom. The van der Waals surface area contributed by atoms with E-state index in [4.69, 9.17) is 9.47 Å². The molecule has 28 heavy (non-hydrogen) atoms. The second-order valence-electron chi connectivity index (χ2n) is 6.09. The van der Waals surface area contributed by atoms with E-state index in [1.54, 1.807) is 32.4 Å². The lowest BCUT2D eigenvalue weighted by molar-refractivity contribution is -0.115. The van der Waals surface area contributed by atoms with Crippen molar-refractivity contribution in [3.05, 3.63) is 71.1 Å². The minimum Gasteiger partial charge on any atom is -0.497 e. The first kappa shape index (κ1) is 18.1. The Bertz CT molecular complexity index is 1120. The minimum absolute atomic E-state index is 0.163. The molecule has 5 nitrogen and oxygen atoms in total. The molecule has 3 aromatic rings. The highest BCUT2D eigenvalue weighted by molar-refractivity contribution is 8.18. The van der Waals surface area contributed by atoms with E-state index < -0.39 is 0 Å². The van der Waals surface area contributed by atoms with E-state index in [2.05, 4.69) is 28.5 Å². The van der Waals surface area contributed by atoms with Crippen molar-refractivity contribution in [1.29, 1.82) is 0 Å². The number of aliphatic imine (C=N–C) groups is 1. The number of amidine groups is 1. The van der Waals surface area contributed by atoms with E-state index >= 15 is 0 Å². The van der Waals surface area contributed by atoms with Crippen LogP contribution in [0.2, 0.25) is 0 Å². The summed E-state index contributed by atoms with van der Waals surface area (Å²) in [5.74, 6) is 1.10. The smallest absolute Gasteiger partial charge is 0.264 e. The number of nitrogens with one attached hydrogen (secondary N) is 1. The highest BCUT2D eigenvalue weighted by atomic mass is 32.2. The first-order chi connectivity index (χ1) is 13.7. The summed E-state index contributed by atoms with van der Waals surface area (Å²) < 4.78 is 10.6. The van der Waals surface area contributed by atoms with Gasteiger partial charge < -0.3 is 14.8 Å². The summed E-state index contributed by atoms with van der Waals surface area (Å²) in [5.41, 5.74) is 1.62. The number of rotatable bonds is 4. The molecule has 1 heterocycles. The predicted octanol–water partition coefficient (Wildman–Crippen LogP) is 4.75. The summed E-state index contributed by atoms with van der Waals surface area (Å²) in [6.45, 7) is 0. The van der Waals surface area contributed by atoms with Crippen LogP contribution in [-0.4, -0.2) is 25.3 Å². The van der Waals surface area contributed by atoms with Gasteiger partial charge in [-0.25, -0.2) is 4.99 Å². The molecule has 0 spiro atoms. The van der Waals surface area contributed by atoms with E-state index in [1.807, 2.05) is 30.3 Å². The van der Waals surface area contributed by atoms with Gasteiger partial charge in [0.25, 0.3) is 5.91 Å². The molecule has 3 aromatic carbocycles. The Hall–Kier alpha value is -3.25. The van der Waals surface area contributed by atoms with Gasteiger partial charge in [0.15, 0.2) is 5.17 Å². The fraction of sp³-hybridized carbons (Fsp3) is 0.0909. The number of carbonyl (C=O) groups is 1. The lowest BCUT2D eigenvalue weighted by Gasteiger charge is -2.07. The molecule has 0 saturated carbocycles. The maximum Gasteiger partial charge on any atom is 0.264 e. The van der Waals surface area contributed by atoms with Crippen molar-refractivity contribution in [2.45, 2.75) is 0 Å². The van der Waals surface area contributed by atoms with Gasteiger partial charge in [-0.15, -0.1) is 0 Å². The normalized spacial score (nSPS) is 16.6. The molecule has 4 rings (SSSR count). The average Bonchev–Trinajstić information content (AvgIpc) is 3.07. The predicted molar refractivity (Wildman–Crippen MR) is 114 cm³/mol. The van der Waals surface area contributed by atoms with Crippen LogP contribution in [-0.2, 0) is 4.79 Å². The maximum absolute atomic E-state index is 12.4. The van der Waals surface area contributed by atoms with E-state index in [9.17, 15) is 4.79 Å². The molecule has 140 valence electrons.